The lowest BCUT2D eigenvalue weighted by Crippen LogP contribution is -2.26. The van der Waals surface area contributed by atoms with Crippen LogP contribution in [-0.2, 0) is 11.2 Å². The minimum absolute atomic E-state index is 0.382. The minimum Gasteiger partial charge on any atom is -0.480 e. The molecule has 0 unspecified atom stereocenters. The fraction of sp³-hybridized carbons (Fsp3) is 0.263. The van der Waals surface area contributed by atoms with Gasteiger partial charge in [0, 0.05) is 33.5 Å². The van der Waals surface area contributed by atoms with E-state index < -0.39 is 10.7 Å². The monoisotopic (exact) mass is 469 g/mol. The zero-order valence-corrected chi connectivity index (χ0v) is 18.7. The zero-order chi connectivity index (χ0) is 21.0. The Balaban J connectivity index is 1.54. The standard InChI is InChI=1S/C19H17Cl2N3O3S2/c1-19(2,17(25)26)29-18-22-14(10-28-18)5-6-27-16-4-3-15(23-24-16)11-7-12(20)9-13(21)8-11/h3-4,7-10H,5-6H2,1-2H3,(H,25,26). The summed E-state index contributed by atoms with van der Waals surface area (Å²) in [5.41, 5.74) is 2.26. The van der Waals surface area contributed by atoms with E-state index >= 15 is 0 Å². The Labute approximate surface area is 186 Å². The predicted octanol–water partition coefficient (Wildman–Crippen LogP) is 5.48. The van der Waals surface area contributed by atoms with Crippen molar-refractivity contribution < 1.29 is 14.6 Å². The van der Waals surface area contributed by atoms with E-state index in [4.69, 9.17) is 27.9 Å². The van der Waals surface area contributed by atoms with Crippen LogP contribution in [0.25, 0.3) is 11.3 Å². The molecule has 10 heteroatoms. The van der Waals surface area contributed by atoms with E-state index in [0.29, 0.717) is 34.6 Å². The molecule has 29 heavy (non-hydrogen) atoms. The van der Waals surface area contributed by atoms with Crippen LogP contribution in [0.15, 0.2) is 40.1 Å². The van der Waals surface area contributed by atoms with E-state index in [1.807, 2.05) is 5.38 Å². The van der Waals surface area contributed by atoms with Gasteiger partial charge < -0.3 is 9.84 Å². The van der Waals surface area contributed by atoms with Crippen LogP contribution in [0, 0.1) is 0 Å². The predicted molar refractivity (Wildman–Crippen MR) is 116 cm³/mol. The van der Waals surface area contributed by atoms with Crippen LogP contribution in [0.5, 0.6) is 5.88 Å². The summed E-state index contributed by atoms with van der Waals surface area (Å²) in [6.07, 6.45) is 0.581. The second-order valence-electron chi connectivity index (χ2n) is 6.54. The Morgan fingerprint density at radius 3 is 2.55 bits per heavy atom. The van der Waals surface area contributed by atoms with Crippen molar-refractivity contribution in [3.63, 3.8) is 0 Å². The number of halogens is 2. The minimum atomic E-state index is -0.920. The first-order valence-corrected chi connectivity index (χ1v) is 11.0. The Morgan fingerprint density at radius 1 is 1.21 bits per heavy atom. The van der Waals surface area contributed by atoms with Gasteiger partial charge in [-0.2, -0.15) is 0 Å². The first kappa shape index (κ1) is 21.8. The summed E-state index contributed by atoms with van der Waals surface area (Å²) in [5.74, 6) is -0.469. The van der Waals surface area contributed by atoms with Crippen LogP contribution >= 0.6 is 46.3 Å². The molecule has 0 saturated heterocycles. The Kier molecular flexibility index (Phi) is 7.00. The van der Waals surface area contributed by atoms with Crippen LogP contribution < -0.4 is 4.74 Å². The molecule has 0 aliphatic rings. The quantitative estimate of drug-likeness (QED) is 0.436. The highest BCUT2D eigenvalue weighted by Crippen LogP contribution is 2.34. The molecule has 2 heterocycles. The fourth-order valence-corrected chi connectivity index (χ4v) is 4.98. The number of hydrogen-bond acceptors (Lipinski definition) is 7. The van der Waals surface area contributed by atoms with Gasteiger partial charge in [0.2, 0.25) is 5.88 Å². The van der Waals surface area contributed by atoms with Gasteiger partial charge in [0.1, 0.15) is 4.75 Å². The number of aliphatic carboxylic acids is 1. The van der Waals surface area contributed by atoms with Crippen LogP contribution in [0.1, 0.15) is 19.5 Å². The van der Waals surface area contributed by atoms with Gasteiger partial charge in [0.15, 0.2) is 4.34 Å². The van der Waals surface area contributed by atoms with Crippen molar-refractivity contribution in [2.24, 2.45) is 0 Å². The molecular formula is C19H17Cl2N3O3S2. The molecule has 1 aromatic carbocycles. The molecule has 0 radical (unpaired) electrons. The van der Waals surface area contributed by atoms with E-state index in [2.05, 4.69) is 15.2 Å². The molecule has 0 aliphatic heterocycles. The summed E-state index contributed by atoms with van der Waals surface area (Å²) in [4.78, 5) is 15.7. The molecule has 0 aliphatic carbocycles. The molecule has 6 nitrogen and oxygen atoms in total. The molecule has 0 bridgehead atoms. The summed E-state index contributed by atoms with van der Waals surface area (Å²) in [6, 6.07) is 8.70. The first-order chi connectivity index (χ1) is 13.7. The molecule has 0 spiro atoms. The molecule has 2 aromatic heterocycles. The molecule has 0 saturated carbocycles. The molecule has 0 fully saturated rings. The molecular weight excluding hydrogens is 453 g/mol. The van der Waals surface area contributed by atoms with Crippen LogP contribution in [-0.4, -0.2) is 37.6 Å². The summed E-state index contributed by atoms with van der Waals surface area (Å²) >= 11 is 14.7. The number of carbonyl (C=O) groups is 1. The number of nitrogens with zero attached hydrogens (tertiary/aromatic N) is 3. The molecule has 0 amide bonds. The van der Waals surface area contributed by atoms with Gasteiger partial charge in [-0.1, -0.05) is 35.0 Å². The van der Waals surface area contributed by atoms with Crippen molar-refractivity contribution >= 4 is 52.3 Å². The highest BCUT2D eigenvalue weighted by atomic mass is 35.5. The van der Waals surface area contributed by atoms with Gasteiger partial charge in [0.05, 0.1) is 18.0 Å². The van der Waals surface area contributed by atoms with Gasteiger partial charge in [-0.05, 0) is 38.1 Å². The van der Waals surface area contributed by atoms with Crippen molar-refractivity contribution in [3.05, 3.63) is 51.5 Å². The number of ether oxygens (including phenoxy) is 1. The third kappa shape index (κ3) is 6.05. The van der Waals surface area contributed by atoms with Crippen LogP contribution in [0.2, 0.25) is 10.0 Å². The molecule has 3 rings (SSSR count). The Hall–Kier alpha value is -1.87. The number of benzene rings is 1. The number of hydrogen-bond donors (Lipinski definition) is 1. The molecule has 152 valence electrons. The third-order valence-electron chi connectivity index (χ3n) is 3.79. The van der Waals surface area contributed by atoms with Gasteiger partial charge in [-0.25, -0.2) is 4.98 Å². The second-order valence-corrected chi connectivity index (χ2v) is 10.1. The summed E-state index contributed by atoms with van der Waals surface area (Å²) < 4.78 is 5.43. The lowest BCUT2D eigenvalue weighted by molar-refractivity contribution is -0.138. The second kappa shape index (κ2) is 9.30. The number of thiazole rings is 1. The number of carboxylic acid groups (broad SMARTS) is 1. The molecule has 1 N–H and O–H groups in total. The van der Waals surface area contributed by atoms with Crippen LogP contribution in [0.4, 0.5) is 0 Å². The SMILES string of the molecule is CC(C)(Sc1nc(CCOc2ccc(-c3cc(Cl)cc(Cl)c3)nn2)cs1)C(=O)O. The number of rotatable bonds is 8. The Bertz CT molecular complexity index is 990. The van der Waals surface area contributed by atoms with Crippen LogP contribution in [0.3, 0.4) is 0 Å². The van der Waals surface area contributed by atoms with E-state index in [-0.39, 0.29) is 0 Å². The lowest BCUT2D eigenvalue weighted by atomic mass is 10.1. The molecule has 3 aromatic rings. The largest absolute Gasteiger partial charge is 0.480 e. The van der Waals surface area contributed by atoms with Crippen molar-refractivity contribution in [2.75, 3.05) is 6.61 Å². The average molecular weight is 470 g/mol. The summed E-state index contributed by atoms with van der Waals surface area (Å²) in [7, 11) is 0. The van der Waals surface area contributed by atoms with E-state index in [1.54, 1.807) is 44.2 Å². The summed E-state index contributed by atoms with van der Waals surface area (Å²) in [5, 5.41) is 20.4. The highest BCUT2D eigenvalue weighted by Gasteiger charge is 2.29. The van der Waals surface area contributed by atoms with Crippen molar-refractivity contribution in [1.29, 1.82) is 0 Å². The maximum absolute atomic E-state index is 11.2. The maximum Gasteiger partial charge on any atom is 0.319 e. The molecule has 0 atom stereocenters. The first-order valence-electron chi connectivity index (χ1n) is 8.53. The third-order valence-corrected chi connectivity index (χ3v) is 6.40. The highest BCUT2D eigenvalue weighted by molar-refractivity contribution is 8.02. The number of carboxylic acids is 1. The maximum atomic E-state index is 11.2. The average Bonchev–Trinajstić information content (AvgIpc) is 3.08. The van der Waals surface area contributed by atoms with Gasteiger partial charge in [0.25, 0.3) is 0 Å². The normalized spacial score (nSPS) is 11.4. The van der Waals surface area contributed by atoms with Gasteiger partial charge in [-0.15, -0.1) is 21.5 Å². The Morgan fingerprint density at radius 2 is 1.93 bits per heavy atom. The van der Waals surface area contributed by atoms with E-state index in [1.165, 1.54) is 23.1 Å². The van der Waals surface area contributed by atoms with Crippen molar-refractivity contribution in [3.8, 4) is 17.1 Å². The number of thioether (sulfide) groups is 1. The van der Waals surface area contributed by atoms with E-state index in [0.717, 1.165) is 15.6 Å². The fourth-order valence-electron chi connectivity index (χ4n) is 2.22. The zero-order valence-electron chi connectivity index (χ0n) is 15.6. The topological polar surface area (TPSA) is 85.2 Å². The summed E-state index contributed by atoms with van der Waals surface area (Å²) in [6.45, 7) is 3.70. The lowest BCUT2D eigenvalue weighted by Gasteiger charge is -2.15. The van der Waals surface area contributed by atoms with E-state index in [9.17, 15) is 9.90 Å². The van der Waals surface area contributed by atoms with Gasteiger partial charge in [-0.3, -0.25) is 4.79 Å². The number of aromatic nitrogens is 3. The van der Waals surface area contributed by atoms with Crippen molar-refractivity contribution in [1.82, 2.24) is 15.2 Å². The smallest absolute Gasteiger partial charge is 0.319 e. The van der Waals surface area contributed by atoms with Crippen molar-refractivity contribution in [2.45, 2.75) is 29.4 Å². The van der Waals surface area contributed by atoms with Gasteiger partial charge >= 0.3 is 5.97 Å².